The predicted molar refractivity (Wildman–Crippen MR) is 121 cm³/mol. The number of nitrogens with one attached hydrogen (secondary N) is 1. The molecule has 3 rings (SSSR count). The molecule has 1 aromatic heterocycles. The Balaban J connectivity index is 1.82. The van der Waals surface area contributed by atoms with E-state index in [0.29, 0.717) is 34.6 Å². The van der Waals surface area contributed by atoms with E-state index < -0.39 is 23.5 Å². The van der Waals surface area contributed by atoms with Crippen LogP contribution in [0.1, 0.15) is 12.0 Å². The van der Waals surface area contributed by atoms with E-state index in [4.69, 9.17) is 9.15 Å². The van der Waals surface area contributed by atoms with Crippen molar-refractivity contribution in [2.75, 3.05) is 18.6 Å². The van der Waals surface area contributed by atoms with Crippen molar-refractivity contribution < 1.29 is 23.8 Å². The van der Waals surface area contributed by atoms with Gasteiger partial charge in [-0.15, -0.1) is 0 Å². The third-order valence-corrected chi connectivity index (χ3v) is 5.32. The maximum absolute atomic E-state index is 12.4. The number of aryl methyl sites for hydroxylation is 1. The van der Waals surface area contributed by atoms with Crippen molar-refractivity contribution in [1.29, 1.82) is 0 Å². The normalized spacial score (nSPS) is 11.8. The molecule has 1 amide bonds. The van der Waals surface area contributed by atoms with Crippen LogP contribution in [0.5, 0.6) is 5.75 Å². The molecule has 162 valence electrons. The van der Waals surface area contributed by atoms with E-state index in [1.165, 1.54) is 11.8 Å². The minimum atomic E-state index is -1.09. The van der Waals surface area contributed by atoms with Gasteiger partial charge in [0.2, 0.25) is 0 Å². The lowest BCUT2D eigenvalue weighted by atomic mass is 10.1. The number of thioether (sulfide) groups is 1. The summed E-state index contributed by atoms with van der Waals surface area (Å²) in [5, 5.41) is 12.9. The molecule has 7 nitrogen and oxygen atoms in total. The smallest absolute Gasteiger partial charge is 0.344 e. The van der Waals surface area contributed by atoms with Crippen LogP contribution in [0.4, 0.5) is 0 Å². The maximum Gasteiger partial charge on any atom is 0.344 e. The summed E-state index contributed by atoms with van der Waals surface area (Å²) in [4.78, 5) is 36.0. The molecule has 3 aromatic rings. The molecule has 1 heterocycles. The first-order chi connectivity index (χ1) is 14.9. The number of rotatable bonds is 9. The van der Waals surface area contributed by atoms with Crippen molar-refractivity contribution in [3.63, 3.8) is 0 Å². The Morgan fingerprint density at radius 1 is 1.19 bits per heavy atom. The summed E-state index contributed by atoms with van der Waals surface area (Å²) >= 11 is 1.51. The number of fused-ring (bicyclic) bond motifs is 1. The summed E-state index contributed by atoms with van der Waals surface area (Å²) in [5.41, 5.74) is 0.995. The first kappa shape index (κ1) is 22.4. The minimum Gasteiger partial charge on any atom is -0.483 e. The molecule has 0 bridgehead atoms. The summed E-state index contributed by atoms with van der Waals surface area (Å²) in [6.07, 6.45) is 2.19. The van der Waals surface area contributed by atoms with Gasteiger partial charge in [-0.05, 0) is 55.0 Å². The van der Waals surface area contributed by atoms with E-state index >= 15 is 0 Å². The lowest BCUT2D eigenvalue weighted by Crippen LogP contribution is -2.43. The van der Waals surface area contributed by atoms with Gasteiger partial charge >= 0.3 is 11.6 Å². The largest absolute Gasteiger partial charge is 0.483 e. The Labute approximate surface area is 183 Å². The molecule has 0 aliphatic carbocycles. The highest BCUT2D eigenvalue weighted by Crippen LogP contribution is 2.32. The van der Waals surface area contributed by atoms with E-state index in [1.807, 2.05) is 31.4 Å². The first-order valence-electron chi connectivity index (χ1n) is 9.67. The van der Waals surface area contributed by atoms with Gasteiger partial charge in [0.05, 0.1) is 10.9 Å². The SMILES string of the molecule is CSCC[C@H](NC(=O)COc1ccc(C)cc1-c1cc2ccccc2c(=O)o1)C(=O)O. The van der Waals surface area contributed by atoms with Crippen LogP contribution in [-0.2, 0) is 9.59 Å². The molecule has 2 aromatic carbocycles. The van der Waals surface area contributed by atoms with Crippen molar-refractivity contribution in [2.24, 2.45) is 0 Å². The number of carboxylic acids is 1. The number of hydrogen-bond donors (Lipinski definition) is 2. The van der Waals surface area contributed by atoms with Crippen LogP contribution in [0.2, 0.25) is 0 Å². The third kappa shape index (κ3) is 5.67. The number of carboxylic acid groups (broad SMARTS) is 1. The molecular formula is C23H23NO6S. The zero-order valence-electron chi connectivity index (χ0n) is 17.2. The van der Waals surface area contributed by atoms with Gasteiger partial charge in [-0.25, -0.2) is 9.59 Å². The summed E-state index contributed by atoms with van der Waals surface area (Å²) in [6, 6.07) is 13.2. The Kier molecular flexibility index (Phi) is 7.36. The molecule has 0 saturated heterocycles. The van der Waals surface area contributed by atoms with Crippen LogP contribution < -0.4 is 15.7 Å². The van der Waals surface area contributed by atoms with Crippen LogP contribution in [0.15, 0.2) is 57.7 Å². The third-order valence-electron chi connectivity index (χ3n) is 4.67. The Bertz CT molecular complexity index is 1160. The fraction of sp³-hybridized carbons (Fsp3) is 0.261. The number of ether oxygens (including phenoxy) is 1. The van der Waals surface area contributed by atoms with Crippen molar-refractivity contribution in [2.45, 2.75) is 19.4 Å². The van der Waals surface area contributed by atoms with Gasteiger partial charge in [-0.1, -0.05) is 29.8 Å². The number of aliphatic carboxylic acids is 1. The molecule has 0 fully saturated rings. The highest BCUT2D eigenvalue weighted by Gasteiger charge is 2.20. The number of benzene rings is 2. The van der Waals surface area contributed by atoms with Crippen LogP contribution in [0.25, 0.3) is 22.1 Å². The van der Waals surface area contributed by atoms with E-state index in [-0.39, 0.29) is 6.61 Å². The molecule has 2 N–H and O–H groups in total. The minimum absolute atomic E-state index is 0.320. The average Bonchev–Trinajstić information content (AvgIpc) is 2.75. The van der Waals surface area contributed by atoms with Gasteiger partial charge in [0, 0.05) is 0 Å². The van der Waals surface area contributed by atoms with Crippen molar-refractivity contribution in [1.82, 2.24) is 5.32 Å². The molecule has 31 heavy (non-hydrogen) atoms. The second kappa shape index (κ2) is 10.2. The zero-order valence-corrected chi connectivity index (χ0v) is 18.0. The second-order valence-electron chi connectivity index (χ2n) is 7.01. The Morgan fingerprint density at radius 3 is 2.71 bits per heavy atom. The Hall–Kier alpha value is -3.26. The fourth-order valence-corrected chi connectivity index (χ4v) is 3.57. The van der Waals surface area contributed by atoms with Gasteiger partial charge in [0.1, 0.15) is 17.6 Å². The van der Waals surface area contributed by atoms with E-state index in [2.05, 4.69) is 5.32 Å². The molecular weight excluding hydrogens is 418 g/mol. The van der Waals surface area contributed by atoms with Crippen molar-refractivity contribution in [3.05, 3.63) is 64.5 Å². The molecule has 0 saturated carbocycles. The molecule has 8 heteroatoms. The molecule has 0 aliphatic heterocycles. The lowest BCUT2D eigenvalue weighted by Gasteiger charge is -2.15. The van der Waals surface area contributed by atoms with Crippen LogP contribution >= 0.6 is 11.8 Å². The van der Waals surface area contributed by atoms with E-state index in [1.54, 1.807) is 30.3 Å². The number of carbonyl (C=O) groups excluding carboxylic acids is 1. The second-order valence-corrected chi connectivity index (χ2v) is 8.00. The van der Waals surface area contributed by atoms with Gasteiger partial charge in [-0.2, -0.15) is 11.8 Å². The first-order valence-corrected chi connectivity index (χ1v) is 11.1. The highest BCUT2D eigenvalue weighted by molar-refractivity contribution is 7.98. The lowest BCUT2D eigenvalue weighted by molar-refractivity contribution is -0.142. The van der Waals surface area contributed by atoms with Gasteiger partial charge in [-0.3, -0.25) is 4.79 Å². The number of carbonyl (C=O) groups is 2. The summed E-state index contributed by atoms with van der Waals surface area (Å²) < 4.78 is 11.2. The number of hydrogen-bond acceptors (Lipinski definition) is 6. The fourth-order valence-electron chi connectivity index (χ4n) is 3.10. The molecule has 0 radical (unpaired) electrons. The summed E-state index contributed by atoms with van der Waals surface area (Å²) in [7, 11) is 0. The topological polar surface area (TPSA) is 106 Å². The number of amides is 1. The van der Waals surface area contributed by atoms with Gasteiger partial charge in [0.25, 0.3) is 5.91 Å². The summed E-state index contributed by atoms with van der Waals surface area (Å²) in [6.45, 7) is 1.53. The Morgan fingerprint density at radius 2 is 1.97 bits per heavy atom. The quantitative estimate of drug-likeness (QED) is 0.524. The maximum atomic E-state index is 12.4. The highest BCUT2D eigenvalue weighted by atomic mass is 32.2. The zero-order chi connectivity index (χ0) is 22.4. The van der Waals surface area contributed by atoms with Crippen LogP contribution in [0.3, 0.4) is 0 Å². The standard InChI is InChI=1S/C23H23NO6S/c1-14-7-8-19(29-13-21(25)24-18(22(26)27)9-10-31-2)17(11-14)20-12-15-5-3-4-6-16(15)23(28)30-20/h3-8,11-12,18H,9-10,13H2,1-2H3,(H,24,25)(H,26,27)/t18-/m0/s1. The predicted octanol–water partition coefficient (Wildman–Crippen LogP) is 3.47. The van der Waals surface area contributed by atoms with Crippen LogP contribution in [0, 0.1) is 6.92 Å². The molecule has 1 atom stereocenters. The van der Waals surface area contributed by atoms with E-state index in [9.17, 15) is 19.5 Å². The average molecular weight is 442 g/mol. The molecule has 0 unspecified atom stereocenters. The molecule has 0 spiro atoms. The van der Waals surface area contributed by atoms with Gasteiger partial charge in [0.15, 0.2) is 6.61 Å². The summed E-state index contributed by atoms with van der Waals surface area (Å²) in [5.74, 6) is -0.334. The molecule has 0 aliphatic rings. The van der Waals surface area contributed by atoms with Gasteiger partial charge < -0.3 is 19.6 Å². The van der Waals surface area contributed by atoms with Crippen molar-refractivity contribution in [3.8, 4) is 17.1 Å². The van der Waals surface area contributed by atoms with E-state index in [0.717, 1.165) is 10.9 Å². The monoisotopic (exact) mass is 441 g/mol. The van der Waals surface area contributed by atoms with Crippen molar-refractivity contribution >= 4 is 34.4 Å². The van der Waals surface area contributed by atoms with Crippen LogP contribution in [-0.4, -0.2) is 41.6 Å².